The Labute approximate surface area is 108 Å². The largest absolute Gasteiger partial charge is 0.472 e. The van der Waals surface area contributed by atoms with E-state index in [1.165, 1.54) is 5.56 Å². The summed E-state index contributed by atoms with van der Waals surface area (Å²) in [4.78, 5) is 0. The molecule has 0 aliphatic rings. The van der Waals surface area contributed by atoms with E-state index in [0.717, 1.165) is 12.0 Å². The van der Waals surface area contributed by atoms with Crippen LogP contribution in [0.4, 0.5) is 0 Å². The number of aliphatic hydroxyl groups is 1. The fourth-order valence-corrected chi connectivity index (χ4v) is 2.40. The number of hydrogen-bond donors (Lipinski definition) is 1. The maximum atomic E-state index is 10.6. The normalized spacial score (nSPS) is 16.2. The maximum Gasteiger partial charge on any atom is 0.0960 e. The van der Waals surface area contributed by atoms with Crippen LogP contribution in [0.25, 0.3) is 0 Å². The van der Waals surface area contributed by atoms with E-state index < -0.39 is 6.10 Å². The quantitative estimate of drug-likeness (QED) is 0.857. The SMILES string of the molecule is CCC(C)C(c1ccccc1)C(O)c1ccoc1. The molecule has 0 fully saturated rings. The molecule has 2 heteroatoms. The summed E-state index contributed by atoms with van der Waals surface area (Å²) in [5, 5.41) is 10.6. The van der Waals surface area contributed by atoms with Gasteiger partial charge in [-0.3, -0.25) is 0 Å². The number of hydrogen-bond acceptors (Lipinski definition) is 2. The second-order valence-corrected chi connectivity index (χ2v) is 4.82. The molecule has 1 heterocycles. The summed E-state index contributed by atoms with van der Waals surface area (Å²) in [6.07, 6.45) is 3.76. The standard InChI is InChI=1S/C16H20O2/c1-3-12(2)15(13-7-5-4-6-8-13)16(17)14-9-10-18-11-14/h4-12,15-17H,3H2,1-2H3. The first-order chi connectivity index (χ1) is 8.74. The Morgan fingerprint density at radius 2 is 1.83 bits per heavy atom. The van der Waals surface area contributed by atoms with Gasteiger partial charge in [-0.25, -0.2) is 0 Å². The van der Waals surface area contributed by atoms with Gasteiger partial charge in [-0.1, -0.05) is 50.6 Å². The van der Waals surface area contributed by atoms with Crippen LogP contribution in [0, 0.1) is 5.92 Å². The Morgan fingerprint density at radius 1 is 1.11 bits per heavy atom. The predicted octanol–water partition coefficient (Wildman–Crippen LogP) is 4.14. The van der Waals surface area contributed by atoms with Crippen molar-refractivity contribution in [1.29, 1.82) is 0 Å². The van der Waals surface area contributed by atoms with Crippen molar-refractivity contribution in [3.63, 3.8) is 0 Å². The van der Waals surface area contributed by atoms with Gasteiger partial charge in [0.05, 0.1) is 18.6 Å². The molecule has 0 bridgehead atoms. The van der Waals surface area contributed by atoms with Crippen molar-refractivity contribution in [1.82, 2.24) is 0 Å². The number of aliphatic hydroxyl groups excluding tert-OH is 1. The van der Waals surface area contributed by atoms with E-state index in [-0.39, 0.29) is 5.92 Å². The summed E-state index contributed by atoms with van der Waals surface area (Å²) < 4.78 is 5.08. The maximum absolute atomic E-state index is 10.6. The Hall–Kier alpha value is -1.54. The van der Waals surface area contributed by atoms with Crippen LogP contribution in [0.2, 0.25) is 0 Å². The van der Waals surface area contributed by atoms with Crippen molar-refractivity contribution in [3.05, 3.63) is 60.1 Å². The number of rotatable bonds is 5. The fourth-order valence-electron chi connectivity index (χ4n) is 2.40. The molecule has 1 aromatic heterocycles. The molecule has 0 amide bonds. The van der Waals surface area contributed by atoms with Gasteiger partial charge in [-0.05, 0) is 17.5 Å². The minimum Gasteiger partial charge on any atom is -0.472 e. The molecule has 0 aliphatic heterocycles. The first kappa shape index (κ1) is 12.9. The molecular formula is C16H20O2. The van der Waals surface area contributed by atoms with Crippen molar-refractivity contribution in [3.8, 4) is 0 Å². The van der Waals surface area contributed by atoms with Gasteiger partial charge in [-0.2, -0.15) is 0 Å². The first-order valence-electron chi connectivity index (χ1n) is 6.49. The van der Waals surface area contributed by atoms with Crippen molar-refractivity contribution in [2.24, 2.45) is 5.92 Å². The Balaban J connectivity index is 2.31. The average molecular weight is 244 g/mol. The lowest BCUT2D eigenvalue weighted by Crippen LogP contribution is -2.17. The highest BCUT2D eigenvalue weighted by atomic mass is 16.3. The topological polar surface area (TPSA) is 33.4 Å². The summed E-state index contributed by atoms with van der Waals surface area (Å²) >= 11 is 0. The van der Waals surface area contributed by atoms with Crippen molar-refractivity contribution in [2.75, 3.05) is 0 Å². The lowest BCUT2D eigenvalue weighted by atomic mass is 9.80. The third-order valence-corrected chi connectivity index (χ3v) is 3.67. The second-order valence-electron chi connectivity index (χ2n) is 4.82. The zero-order valence-corrected chi connectivity index (χ0v) is 10.9. The summed E-state index contributed by atoms with van der Waals surface area (Å²) in [7, 11) is 0. The van der Waals surface area contributed by atoms with Crippen LogP contribution in [0.5, 0.6) is 0 Å². The summed E-state index contributed by atoms with van der Waals surface area (Å²) in [5.41, 5.74) is 2.03. The van der Waals surface area contributed by atoms with E-state index in [9.17, 15) is 5.11 Å². The molecule has 2 rings (SSSR count). The van der Waals surface area contributed by atoms with Crippen LogP contribution in [-0.4, -0.2) is 5.11 Å². The van der Waals surface area contributed by atoms with Crippen molar-refractivity contribution < 1.29 is 9.52 Å². The minimum absolute atomic E-state index is 0.105. The van der Waals surface area contributed by atoms with Gasteiger partial charge in [0, 0.05) is 11.5 Å². The number of furan rings is 1. The van der Waals surface area contributed by atoms with Crippen LogP contribution in [-0.2, 0) is 0 Å². The molecule has 3 unspecified atom stereocenters. The smallest absolute Gasteiger partial charge is 0.0960 e. The zero-order valence-electron chi connectivity index (χ0n) is 10.9. The fraction of sp³-hybridized carbons (Fsp3) is 0.375. The molecule has 1 N–H and O–H groups in total. The summed E-state index contributed by atoms with van der Waals surface area (Å²) in [6.45, 7) is 4.34. The van der Waals surface area contributed by atoms with E-state index >= 15 is 0 Å². The monoisotopic (exact) mass is 244 g/mol. The zero-order chi connectivity index (χ0) is 13.0. The first-order valence-corrected chi connectivity index (χ1v) is 6.49. The third kappa shape index (κ3) is 2.65. The van der Waals surface area contributed by atoms with Crippen LogP contribution in [0.3, 0.4) is 0 Å². The molecule has 2 nitrogen and oxygen atoms in total. The molecule has 18 heavy (non-hydrogen) atoms. The summed E-state index contributed by atoms with van der Waals surface area (Å²) in [5.74, 6) is 0.520. The molecule has 96 valence electrons. The van der Waals surface area contributed by atoms with Crippen molar-refractivity contribution >= 4 is 0 Å². The van der Waals surface area contributed by atoms with E-state index in [1.54, 1.807) is 12.5 Å². The third-order valence-electron chi connectivity index (χ3n) is 3.67. The average Bonchev–Trinajstić information content (AvgIpc) is 2.94. The highest BCUT2D eigenvalue weighted by Crippen LogP contribution is 2.38. The van der Waals surface area contributed by atoms with Gasteiger partial charge < -0.3 is 9.52 Å². The number of benzene rings is 1. The lowest BCUT2D eigenvalue weighted by molar-refractivity contribution is 0.117. The molecule has 2 aromatic rings. The van der Waals surface area contributed by atoms with E-state index in [0.29, 0.717) is 5.92 Å². The molecule has 3 atom stereocenters. The molecule has 0 saturated carbocycles. The van der Waals surface area contributed by atoms with Gasteiger partial charge in [0.2, 0.25) is 0 Å². The molecule has 0 radical (unpaired) electrons. The highest BCUT2D eigenvalue weighted by molar-refractivity contribution is 5.25. The van der Waals surface area contributed by atoms with E-state index in [4.69, 9.17) is 4.42 Å². The predicted molar refractivity (Wildman–Crippen MR) is 72.3 cm³/mol. The highest BCUT2D eigenvalue weighted by Gasteiger charge is 2.27. The molecular weight excluding hydrogens is 224 g/mol. The molecule has 0 aliphatic carbocycles. The van der Waals surface area contributed by atoms with Gasteiger partial charge in [0.25, 0.3) is 0 Å². The van der Waals surface area contributed by atoms with Crippen molar-refractivity contribution in [2.45, 2.75) is 32.3 Å². The van der Waals surface area contributed by atoms with Gasteiger partial charge in [0.15, 0.2) is 0 Å². The Kier molecular flexibility index (Phi) is 4.21. The molecule has 0 spiro atoms. The Bertz CT molecular complexity index is 447. The summed E-state index contributed by atoms with van der Waals surface area (Å²) in [6, 6.07) is 12.0. The lowest BCUT2D eigenvalue weighted by Gasteiger charge is -2.28. The molecule has 1 aromatic carbocycles. The van der Waals surface area contributed by atoms with Gasteiger partial charge in [0.1, 0.15) is 0 Å². The van der Waals surface area contributed by atoms with E-state index in [2.05, 4.69) is 26.0 Å². The van der Waals surface area contributed by atoms with E-state index in [1.807, 2.05) is 24.3 Å². The van der Waals surface area contributed by atoms with Crippen LogP contribution in [0.15, 0.2) is 53.3 Å². The van der Waals surface area contributed by atoms with Gasteiger partial charge in [-0.15, -0.1) is 0 Å². The second kappa shape index (κ2) is 5.87. The molecule has 0 saturated heterocycles. The van der Waals surface area contributed by atoms with Crippen LogP contribution < -0.4 is 0 Å². The van der Waals surface area contributed by atoms with Crippen LogP contribution in [0.1, 0.15) is 43.4 Å². The van der Waals surface area contributed by atoms with Gasteiger partial charge >= 0.3 is 0 Å². The minimum atomic E-state index is -0.513. The Morgan fingerprint density at radius 3 is 2.39 bits per heavy atom. The van der Waals surface area contributed by atoms with Crippen LogP contribution >= 0.6 is 0 Å².